The molecule has 0 aliphatic rings. The van der Waals surface area contributed by atoms with Crippen LogP contribution in [0.4, 0.5) is 0 Å². The van der Waals surface area contributed by atoms with Gasteiger partial charge in [-0.2, -0.15) is 4.98 Å². The fraction of sp³-hybridized carbons (Fsp3) is 0.400. The zero-order valence-corrected chi connectivity index (χ0v) is 12.1. The summed E-state index contributed by atoms with van der Waals surface area (Å²) in [6.07, 6.45) is 0.707. The molecule has 0 fully saturated rings. The summed E-state index contributed by atoms with van der Waals surface area (Å²) in [5.41, 5.74) is 0.689. The van der Waals surface area contributed by atoms with Crippen molar-refractivity contribution in [3.8, 4) is 5.75 Å². The Kier molecular flexibility index (Phi) is 4.92. The minimum absolute atomic E-state index is 0.0298. The topological polar surface area (TPSA) is 85.5 Å². The molecule has 0 aliphatic heterocycles. The van der Waals surface area contributed by atoms with E-state index in [0.717, 1.165) is 6.42 Å². The van der Waals surface area contributed by atoms with E-state index in [0.29, 0.717) is 28.9 Å². The Morgan fingerprint density at radius 2 is 2.24 bits per heavy atom. The molecular weight excluding hydrogens is 272 g/mol. The third-order valence-electron chi connectivity index (χ3n) is 2.71. The van der Waals surface area contributed by atoms with E-state index in [-0.39, 0.29) is 13.0 Å². The van der Waals surface area contributed by atoms with Crippen LogP contribution < -0.4 is 4.74 Å². The Balaban J connectivity index is 1.93. The maximum Gasteiger partial charge on any atom is 0.307 e. The number of carbonyl (C=O) groups is 1. The smallest absolute Gasteiger partial charge is 0.307 e. The van der Waals surface area contributed by atoms with Gasteiger partial charge in [0.05, 0.1) is 6.42 Å². The van der Waals surface area contributed by atoms with Crippen molar-refractivity contribution in [2.45, 2.75) is 33.3 Å². The van der Waals surface area contributed by atoms with E-state index in [1.54, 1.807) is 24.3 Å². The molecule has 0 saturated carbocycles. The second kappa shape index (κ2) is 6.88. The molecule has 6 nitrogen and oxygen atoms in total. The van der Waals surface area contributed by atoms with Crippen LogP contribution in [0.5, 0.6) is 5.75 Å². The summed E-state index contributed by atoms with van der Waals surface area (Å²) in [6, 6.07) is 6.97. The normalized spacial score (nSPS) is 10.8. The van der Waals surface area contributed by atoms with Crippen molar-refractivity contribution < 1.29 is 19.2 Å². The third-order valence-corrected chi connectivity index (χ3v) is 2.71. The second-order valence-corrected chi connectivity index (χ2v) is 5.21. The molecule has 0 unspecified atom stereocenters. The van der Waals surface area contributed by atoms with Gasteiger partial charge in [-0.1, -0.05) is 31.1 Å². The lowest BCUT2D eigenvalue weighted by Crippen LogP contribution is -2.02. The Morgan fingerprint density at radius 3 is 2.95 bits per heavy atom. The Hall–Kier alpha value is -2.37. The van der Waals surface area contributed by atoms with E-state index in [4.69, 9.17) is 14.4 Å². The van der Waals surface area contributed by atoms with Crippen molar-refractivity contribution in [1.29, 1.82) is 0 Å². The van der Waals surface area contributed by atoms with Gasteiger partial charge in [0.2, 0.25) is 11.7 Å². The van der Waals surface area contributed by atoms with Gasteiger partial charge in [0.15, 0.2) is 6.61 Å². The zero-order chi connectivity index (χ0) is 15.2. The summed E-state index contributed by atoms with van der Waals surface area (Å²) >= 11 is 0. The van der Waals surface area contributed by atoms with Gasteiger partial charge in [-0.15, -0.1) is 0 Å². The third kappa shape index (κ3) is 4.91. The summed E-state index contributed by atoms with van der Waals surface area (Å²) in [7, 11) is 0. The summed E-state index contributed by atoms with van der Waals surface area (Å²) in [5, 5.41) is 12.6. The number of nitrogens with zero attached hydrogens (tertiary/aromatic N) is 2. The molecule has 112 valence electrons. The number of carboxylic acid groups (broad SMARTS) is 1. The van der Waals surface area contributed by atoms with Crippen LogP contribution in [-0.4, -0.2) is 21.2 Å². The average Bonchev–Trinajstić information content (AvgIpc) is 2.83. The number of ether oxygens (including phenoxy) is 1. The van der Waals surface area contributed by atoms with Crippen LogP contribution in [-0.2, 0) is 24.2 Å². The van der Waals surface area contributed by atoms with Gasteiger partial charge in [-0.25, -0.2) is 0 Å². The minimum Gasteiger partial charge on any atom is -0.485 e. The highest BCUT2D eigenvalue weighted by Gasteiger charge is 2.09. The predicted molar refractivity (Wildman–Crippen MR) is 75.0 cm³/mol. The highest BCUT2D eigenvalue weighted by Crippen LogP contribution is 2.15. The van der Waals surface area contributed by atoms with Crippen LogP contribution in [0.2, 0.25) is 0 Å². The lowest BCUT2D eigenvalue weighted by Gasteiger charge is -2.04. The standard InChI is InChI=1S/C15H18N2O4/c1-10(2)6-14-16-13(17-21-14)9-20-12-5-3-4-11(7-12)8-15(18)19/h3-5,7,10H,6,8-9H2,1-2H3,(H,18,19). The Labute approximate surface area is 122 Å². The van der Waals surface area contributed by atoms with E-state index in [1.807, 2.05) is 0 Å². The number of aliphatic carboxylic acids is 1. The first-order valence-electron chi connectivity index (χ1n) is 6.78. The van der Waals surface area contributed by atoms with E-state index in [1.165, 1.54) is 0 Å². The van der Waals surface area contributed by atoms with Gasteiger partial charge in [-0.3, -0.25) is 4.79 Å². The van der Waals surface area contributed by atoms with E-state index in [9.17, 15) is 4.79 Å². The number of rotatable bonds is 7. The number of carboxylic acids is 1. The lowest BCUT2D eigenvalue weighted by molar-refractivity contribution is -0.136. The predicted octanol–water partition coefficient (Wildman–Crippen LogP) is 2.47. The van der Waals surface area contributed by atoms with Gasteiger partial charge in [0.25, 0.3) is 0 Å². The monoisotopic (exact) mass is 290 g/mol. The maximum absolute atomic E-state index is 10.7. The Morgan fingerprint density at radius 1 is 1.43 bits per heavy atom. The molecule has 2 aromatic rings. The molecule has 21 heavy (non-hydrogen) atoms. The van der Waals surface area contributed by atoms with Gasteiger partial charge in [0.1, 0.15) is 5.75 Å². The molecule has 0 saturated heterocycles. The summed E-state index contributed by atoms with van der Waals surface area (Å²) in [5.74, 6) is 1.25. The van der Waals surface area contributed by atoms with Crippen molar-refractivity contribution in [3.05, 3.63) is 41.5 Å². The van der Waals surface area contributed by atoms with Gasteiger partial charge < -0.3 is 14.4 Å². The molecule has 0 radical (unpaired) electrons. The van der Waals surface area contributed by atoms with Crippen molar-refractivity contribution in [1.82, 2.24) is 10.1 Å². The first-order valence-corrected chi connectivity index (χ1v) is 6.78. The Bertz CT molecular complexity index is 607. The quantitative estimate of drug-likeness (QED) is 0.843. The molecular formula is C15H18N2O4. The molecule has 1 aromatic heterocycles. The highest BCUT2D eigenvalue weighted by atomic mass is 16.5. The number of hydrogen-bond donors (Lipinski definition) is 1. The first-order chi connectivity index (χ1) is 10.0. The second-order valence-electron chi connectivity index (χ2n) is 5.21. The SMILES string of the molecule is CC(C)Cc1nc(COc2cccc(CC(=O)O)c2)no1. The van der Waals surface area contributed by atoms with E-state index >= 15 is 0 Å². The van der Waals surface area contributed by atoms with Crippen molar-refractivity contribution >= 4 is 5.97 Å². The number of aromatic nitrogens is 2. The van der Waals surface area contributed by atoms with Crippen LogP contribution in [0, 0.1) is 5.92 Å². The summed E-state index contributed by atoms with van der Waals surface area (Å²) in [6.45, 7) is 4.35. The minimum atomic E-state index is -0.872. The van der Waals surface area contributed by atoms with Crippen molar-refractivity contribution in [2.75, 3.05) is 0 Å². The summed E-state index contributed by atoms with van der Waals surface area (Å²) in [4.78, 5) is 14.9. The zero-order valence-electron chi connectivity index (χ0n) is 12.1. The van der Waals surface area contributed by atoms with Crippen LogP contribution in [0.15, 0.2) is 28.8 Å². The van der Waals surface area contributed by atoms with Gasteiger partial charge in [-0.05, 0) is 23.6 Å². The molecule has 0 aliphatic carbocycles. The van der Waals surface area contributed by atoms with Crippen LogP contribution >= 0.6 is 0 Å². The molecule has 6 heteroatoms. The number of benzene rings is 1. The number of hydrogen-bond acceptors (Lipinski definition) is 5. The molecule has 1 N–H and O–H groups in total. The average molecular weight is 290 g/mol. The van der Waals surface area contributed by atoms with Gasteiger partial charge >= 0.3 is 5.97 Å². The molecule has 0 atom stereocenters. The van der Waals surface area contributed by atoms with Crippen LogP contribution in [0.25, 0.3) is 0 Å². The highest BCUT2D eigenvalue weighted by molar-refractivity contribution is 5.70. The molecule has 2 rings (SSSR count). The van der Waals surface area contributed by atoms with Crippen molar-refractivity contribution in [2.24, 2.45) is 5.92 Å². The molecule has 0 amide bonds. The maximum atomic E-state index is 10.7. The lowest BCUT2D eigenvalue weighted by atomic mass is 10.1. The fourth-order valence-corrected chi connectivity index (χ4v) is 1.85. The van der Waals surface area contributed by atoms with Gasteiger partial charge in [0, 0.05) is 6.42 Å². The van der Waals surface area contributed by atoms with Crippen molar-refractivity contribution in [3.63, 3.8) is 0 Å². The molecule has 1 aromatic carbocycles. The van der Waals surface area contributed by atoms with Crippen LogP contribution in [0.3, 0.4) is 0 Å². The molecule has 1 heterocycles. The summed E-state index contributed by atoms with van der Waals surface area (Å²) < 4.78 is 10.7. The molecule has 0 spiro atoms. The van der Waals surface area contributed by atoms with E-state index < -0.39 is 5.97 Å². The van der Waals surface area contributed by atoms with E-state index in [2.05, 4.69) is 24.0 Å². The first kappa shape index (κ1) is 15.0. The fourth-order valence-electron chi connectivity index (χ4n) is 1.85. The largest absolute Gasteiger partial charge is 0.485 e. The molecule has 0 bridgehead atoms. The van der Waals surface area contributed by atoms with Crippen LogP contribution in [0.1, 0.15) is 31.1 Å².